The number of thioether (sulfide) groups is 1. The number of benzene rings is 2. The van der Waals surface area contributed by atoms with E-state index in [-0.39, 0.29) is 18.4 Å². The van der Waals surface area contributed by atoms with Crippen molar-refractivity contribution < 1.29 is 19.1 Å². The van der Waals surface area contributed by atoms with Crippen molar-refractivity contribution in [1.82, 2.24) is 10.2 Å². The molecule has 208 valence electrons. The number of amides is 3. The highest BCUT2D eigenvalue weighted by atomic mass is 35.5. The number of rotatable bonds is 10. The summed E-state index contributed by atoms with van der Waals surface area (Å²) in [4.78, 5) is 42.0. The molecule has 0 aliphatic carbocycles. The van der Waals surface area contributed by atoms with Gasteiger partial charge in [-0.15, -0.1) is 0 Å². The molecule has 0 radical (unpaired) electrons. The number of carbonyl (C=O) groups is 3. The second kappa shape index (κ2) is 13.9. The number of ether oxygens (including phenoxy) is 1. The Morgan fingerprint density at radius 2 is 1.74 bits per heavy atom. The smallest absolute Gasteiger partial charge is 0.408 e. The standard InChI is InChI=1S/C29H40ClN3O4S/c1-9-33(27(35)23(15-16-38-8)31-28(36)37-29(5,6)7)25(21-14-13-18(2)20(4)17-21)26(34)32-24-19(3)11-10-12-22(24)30/h10-14,17,23,25H,9,15-16H2,1-8H3,(H,31,36)(H,32,34). The monoisotopic (exact) mass is 561 g/mol. The van der Waals surface area contributed by atoms with E-state index in [1.54, 1.807) is 38.6 Å². The molecule has 2 unspecified atom stereocenters. The van der Waals surface area contributed by atoms with Gasteiger partial charge in [-0.05, 0) is 95.2 Å². The van der Waals surface area contributed by atoms with Crippen LogP contribution in [0.3, 0.4) is 0 Å². The maximum atomic E-state index is 14.0. The second-order valence-corrected chi connectivity index (χ2v) is 11.7. The molecule has 7 nitrogen and oxygen atoms in total. The lowest BCUT2D eigenvalue weighted by Gasteiger charge is -2.34. The molecule has 0 aliphatic rings. The molecule has 0 bridgehead atoms. The zero-order chi connectivity index (χ0) is 28.6. The molecule has 0 heterocycles. The Hall–Kier alpha value is -2.71. The third kappa shape index (κ3) is 8.67. The van der Waals surface area contributed by atoms with E-state index in [1.807, 2.05) is 64.3 Å². The number of hydrogen-bond acceptors (Lipinski definition) is 5. The Kier molecular flexibility index (Phi) is 11.5. The van der Waals surface area contributed by atoms with E-state index in [0.29, 0.717) is 28.4 Å². The van der Waals surface area contributed by atoms with Crippen LogP contribution < -0.4 is 10.6 Å². The maximum absolute atomic E-state index is 14.0. The minimum Gasteiger partial charge on any atom is -0.444 e. The number of alkyl carbamates (subject to hydrolysis) is 1. The minimum absolute atomic E-state index is 0.247. The number of nitrogens with zero attached hydrogens (tertiary/aromatic N) is 1. The van der Waals surface area contributed by atoms with Crippen molar-refractivity contribution in [3.8, 4) is 0 Å². The average Bonchev–Trinajstić information content (AvgIpc) is 2.82. The highest BCUT2D eigenvalue weighted by Gasteiger charge is 2.36. The molecule has 0 aliphatic heterocycles. The molecule has 0 fully saturated rings. The van der Waals surface area contributed by atoms with Crippen LogP contribution in [0.5, 0.6) is 0 Å². The first-order valence-corrected chi connectivity index (χ1v) is 14.5. The van der Waals surface area contributed by atoms with E-state index < -0.39 is 23.8 Å². The molecular weight excluding hydrogens is 522 g/mol. The van der Waals surface area contributed by atoms with E-state index >= 15 is 0 Å². The van der Waals surface area contributed by atoms with Gasteiger partial charge in [0, 0.05) is 6.54 Å². The zero-order valence-corrected chi connectivity index (χ0v) is 25.2. The molecule has 2 aromatic carbocycles. The minimum atomic E-state index is -0.945. The lowest BCUT2D eigenvalue weighted by Crippen LogP contribution is -2.52. The predicted molar refractivity (Wildman–Crippen MR) is 157 cm³/mol. The van der Waals surface area contributed by atoms with Gasteiger partial charge in [0.2, 0.25) is 5.91 Å². The quantitative estimate of drug-likeness (QED) is 0.348. The van der Waals surface area contributed by atoms with Crippen molar-refractivity contribution >= 4 is 47.0 Å². The van der Waals surface area contributed by atoms with E-state index in [1.165, 1.54) is 4.90 Å². The molecule has 0 saturated heterocycles. The molecule has 0 saturated carbocycles. The van der Waals surface area contributed by atoms with Gasteiger partial charge in [0.1, 0.15) is 17.7 Å². The predicted octanol–water partition coefficient (Wildman–Crippen LogP) is 6.44. The Morgan fingerprint density at radius 1 is 1.05 bits per heavy atom. The fourth-order valence-electron chi connectivity index (χ4n) is 4.00. The molecule has 2 rings (SSSR count). The van der Waals surface area contributed by atoms with Crippen LogP contribution in [0.15, 0.2) is 36.4 Å². The van der Waals surface area contributed by atoms with E-state index in [4.69, 9.17) is 16.3 Å². The summed E-state index contributed by atoms with van der Waals surface area (Å²) >= 11 is 7.97. The molecule has 9 heteroatoms. The Morgan fingerprint density at radius 3 is 2.29 bits per heavy atom. The highest BCUT2D eigenvalue weighted by molar-refractivity contribution is 7.98. The topological polar surface area (TPSA) is 87.7 Å². The molecule has 2 aromatic rings. The van der Waals surface area contributed by atoms with Crippen LogP contribution in [0.2, 0.25) is 5.02 Å². The molecule has 38 heavy (non-hydrogen) atoms. The van der Waals surface area contributed by atoms with Crippen molar-refractivity contribution in [3.63, 3.8) is 0 Å². The van der Waals surface area contributed by atoms with Crippen LogP contribution in [-0.2, 0) is 14.3 Å². The van der Waals surface area contributed by atoms with Gasteiger partial charge in [0.05, 0.1) is 10.7 Å². The number of aryl methyl sites for hydroxylation is 3. The van der Waals surface area contributed by atoms with E-state index in [0.717, 1.165) is 16.7 Å². The SMILES string of the molecule is CCN(C(=O)C(CCSC)NC(=O)OC(C)(C)C)C(C(=O)Nc1c(C)cccc1Cl)c1ccc(C)c(C)c1. The molecule has 0 aromatic heterocycles. The van der Waals surface area contributed by atoms with Gasteiger partial charge in [-0.25, -0.2) is 4.79 Å². The molecule has 2 atom stereocenters. The first-order chi connectivity index (χ1) is 17.8. The summed E-state index contributed by atoms with van der Waals surface area (Å²) in [6, 6.07) is 9.30. The fourth-order valence-corrected chi connectivity index (χ4v) is 4.74. The van der Waals surface area contributed by atoms with Gasteiger partial charge >= 0.3 is 6.09 Å². The summed E-state index contributed by atoms with van der Waals surface area (Å²) in [6.45, 7) is 13.2. The molecular formula is C29H40ClN3O4S. The summed E-state index contributed by atoms with van der Waals surface area (Å²) in [7, 11) is 0. The maximum Gasteiger partial charge on any atom is 0.408 e. The van der Waals surface area contributed by atoms with E-state index in [2.05, 4.69) is 10.6 Å². The largest absolute Gasteiger partial charge is 0.444 e. The van der Waals surface area contributed by atoms with Crippen LogP contribution in [0, 0.1) is 20.8 Å². The number of anilines is 1. The normalized spacial score (nSPS) is 12.9. The van der Waals surface area contributed by atoms with Crippen LogP contribution >= 0.6 is 23.4 Å². The van der Waals surface area contributed by atoms with Crippen molar-refractivity contribution in [2.75, 3.05) is 23.9 Å². The lowest BCUT2D eigenvalue weighted by atomic mass is 9.98. The van der Waals surface area contributed by atoms with Crippen LogP contribution in [0.25, 0.3) is 0 Å². The number of para-hydroxylation sites is 1. The van der Waals surface area contributed by atoms with Crippen molar-refractivity contribution in [3.05, 3.63) is 63.7 Å². The number of hydrogen-bond donors (Lipinski definition) is 2. The number of halogens is 1. The summed E-state index contributed by atoms with van der Waals surface area (Å²) in [5.41, 5.74) is 3.35. The van der Waals surface area contributed by atoms with Gasteiger partial charge in [-0.3, -0.25) is 9.59 Å². The third-order valence-corrected chi connectivity index (χ3v) is 7.06. The van der Waals surface area contributed by atoms with Crippen LogP contribution in [-0.4, -0.2) is 53.0 Å². The van der Waals surface area contributed by atoms with Gasteiger partial charge in [0.15, 0.2) is 0 Å². The van der Waals surface area contributed by atoms with Crippen molar-refractivity contribution in [1.29, 1.82) is 0 Å². The second-order valence-electron chi connectivity index (χ2n) is 10.3. The first kappa shape index (κ1) is 31.5. The van der Waals surface area contributed by atoms with Crippen LogP contribution in [0.1, 0.15) is 62.4 Å². The zero-order valence-electron chi connectivity index (χ0n) is 23.6. The lowest BCUT2D eigenvalue weighted by molar-refractivity contribution is -0.140. The summed E-state index contributed by atoms with van der Waals surface area (Å²) in [5.74, 6) is -0.106. The summed E-state index contributed by atoms with van der Waals surface area (Å²) < 4.78 is 5.42. The van der Waals surface area contributed by atoms with Crippen molar-refractivity contribution in [2.45, 2.75) is 72.6 Å². The fraction of sp³-hybridized carbons (Fsp3) is 0.483. The Balaban J connectivity index is 2.51. The van der Waals surface area contributed by atoms with E-state index in [9.17, 15) is 14.4 Å². The number of nitrogens with one attached hydrogen (secondary N) is 2. The first-order valence-electron chi connectivity index (χ1n) is 12.7. The number of carbonyl (C=O) groups excluding carboxylic acids is 3. The third-order valence-electron chi connectivity index (χ3n) is 6.10. The number of likely N-dealkylation sites (N-methyl/N-ethyl adjacent to an activating group) is 1. The molecule has 3 amide bonds. The van der Waals surface area contributed by atoms with Gasteiger partial charge < -0.3 is 20.3 Å². The van der Waals surface area contributed by atoms with Crippen LogP contribution in [0.4, 0.5) is 10.5 Å². The van der Waals surface area contributed by atoms with Crippen molar-refractivity contribution in [2.24, 2.45) is 0 Å². The Bertz CT molecular complexity index is 1130. The molecule has 2 N–H and O–H groups in total. The Labute approximate surface area is 236 Å². The van der Waals surface area contributed by atoms with Gasteiger partial charge in [-0.1, -0.05) is 41.9 Å². The molecule has 0 spiro atoms. The van der Waals surface area contributed by atoms with Gasteiger partial charge in [0.25, 0.3) is 5.91 Å². The highest BCUT2D eigenvalue weighted by Crippen LogP contribution is 2.30. The summed E-state index contributed by atoms with van der Waals surface area (Å²) in [5, 5.41) is 6.10. The summed E-state index contributed by atoms with van der Waals surface area (Å²) in [6.07, 6.45) is 1.65. The average molecular weight is 562 g/mol. The van der Waals surface area contributed by atoms with Gasteiger partial charge in [-0.2, -0.15) is 11.8 Å².